The minimum atomic E-state index is -2.81. The SMILES string of the molecule is Nc1nc(Cc2cccc(OC(F)F)c2)cs1. The van der Waals surface area contributed by atoms with Gasteiger partial charge in [0.1, 0.15) is 5.75 Å². The topological polar surface area (TPSA) is 48.1 Å². The zero-order valence-electron chi connectivity index (χ0n) is 8.77. The summed E-state index contributed by atoms with van der Waals surface area (Å²) in [5, 5.41) is 2.34. The quantitative estimate of drug-likeness (QED) is 0.915. The molecule has 0 unspecified atom stereocenters. The van der Waals surface area contributed by atoms with Gasteiger partial charge < -0.3 is 10.5 Å². The van der Waals surface area contributed by atoms with Gasteiger partial charge in [-0.05, 0) is 17.7 Å². The molecule has 0 radical (unpaired) electrons. The lowest BCUT2D eigenvalue weighted by molar-refractivity contribution is -0.0498. The fourth-order valence-corrected chi connectivity index (χ4v) is 2.01. The van der Waals surface area contributed by atoms with Crippen LogP contribution in [0.2, 0.25) is 0 Å². The van der Waals surface area contributed by atoms with Crippen molar-refractivity contribution in [1.29, 1.82) is 0 Å². The number of ether oxygens (including phenoxy) is 1. The van der Waals surface area contributed by atoms with E-state index in [-0.39, 0.29) is 5.75 Å². The summed E-state index contributed by atoms with van der Waals surface area (Å²) in [7, 11) is 0. The molecule has 2 rings (SSSR count). The highest BCUT2D eigenvalue weighted by Gasteiger charge is 2.06. The van der Waals surface area contributed by atoms with Crippen molar-refractivity contribution < 1.29 is 13.5 Å². The van der Waals surface area contributed by atoms with Crippen LogP contribution in [0.3, 0.4) is 0 Å². The van der Waals surface area contributed by atoms with Gasteiger partial charge in [-0.3, -0.25) is 0 Å². The Morgan fingerprint density at radius 3 is 2.88 bits per heavy atom. The van der Waals surface area contributed by atoms with Crippen LogP contribution in [0.4, 0.5) is 13.9 Å². The number of nitrogen functional groups attached to an aromatic ring is 1. The number of rotatable bonds is 4. The third-order valence-corrected chi connectivity index (χ3v) is 2.80. The number of benzene rings is 1. The van der Waals surface area contributed by atoms with Crippen molar-refractivity contribution in [3.8, 4) is 5.75 Å². The summed E-state index contributed by atoms with van der Waals surface area (Å²) in [6.45, 7) is -2.81. The zero-order valence-corrected chi connectivity index (χ0v) is 9.58. The molecule has 0 saturated heterocycles. The van der Waals surface area contributed by atoms with Crippen molar-refractivity contribution in [2.24, 2.45) is 0 Å². The molecule has 2 N–H and O–H groups in total. The van der Waals surface area contributed by atoms with Gasteiger partial charge in [-0.1, -0.05) is 12.1 Å². The average Bonchev–Trinajstić information content (AvgIpc) is 2.63. The maximum atomic E-state index is 12.0. The van der Waals surface area contributed by atoms with Crippen molar-refractivity contribution in [1.82, 2.24) is 4.98 Å². The summed E-state index contributed by atoms with van der Waals surface area (Å²) >= 11 is 1.35. The molecule has 1 aromatic heterocycles. The van der Waals surface area contributed by atoms with Gasteiger partial charge in [0.15, 0.2) is 5.13 Å². The number of aromatic nitrogens is 1. The summed E-state index contributed by atoms with van der Waals surface area (Å²) in [4.78, 5) is 4.10. The van der Waals surface area contributed by atoms with Crippen LogP contribution in [0.5, 0.6) is 5.75 Å². The molecule has 0 amide bonds. The van der Waals surface area contributed by atoms with Crippen LogP contribution in [0.25, 0.3) is 0 Å². The summed E-state index contributed by atoms with van der Waals surface area (Å²) in [6, 6.07) is 6.56. The fraction of sp³-hybridized carbons (Fsp3) is 0.182. The number of halogens is 2. The highest BCUT2D eigenvalue weighted by molar-refractivity contribution is 7.13. The summed E-state index contributed by atoms with van der Waals surface area (Å²) in [6.07, 6.45) is 0.550. The molecule has 0 fully saturated rings. The van der Waals surface area contributed by atoms with Crippen molar-refractivity contribution in [2.75, 3.05) is 5.73 Å². The Morgan fingerprint density at radius 2 is 2.24 bits per heavy atom. The first-order valence-corrected chi connectivity index (χ1v) is 5.75. The van der Waals surface area contributed by atoms with Gasteiger partial charge in [-0.2, -0.15) is 8.78 Å². The second-order valence-electron chi connectivity index (χ2n) is 3.38. The standard InChI is InChI=1S/C11H10F2N2OS/c12-10(13)16-9-3-1-2-7(5-9)4-8-6-17-11(14)15-8/h1-3,5-6,10H,4H2,(H2,14,15). The van der Waals surface area contributed by atoms with E-state index in [1.165, 1.54) is 17.4 Å². The van der Waals surface area contributed by atoms with Gasteiger partial charge in [0, 0.05) is 11.8 Å². The lowest BCUT2D eigenvalue weighted by Crippen LogP contribution is -2.02. The second-order valence-corrected chi connectivity index (χ2v) is 4.27. The molecular formula is C11H10F2N2OS. The molecule has 0 atom stereocenters. The third-order valence-electron chi connectivity index (χ3n) is 2.08. The number of anilines is 1. The van der Waals surface area contributed by atoms with E-state index in [1.54, 1.807) is 12.1 Å². The second kappa shape index (κ2) is 5.09. The lowest BCUT2D eigenvalue weighted by atomic mass is 10.1. The van der Waals surface area contributed by atoms with Crippen LogP contribution in [-0.2, 0) is 6.42 Å². The summed E-state index contributed by atoms with van der Waals surface area (Å²) < 4.78 is 28.4. The van der Waals surface area contributed by atoms with E-state index >= 15 is 0 Å². The number of thiazole rings is 1. The molecule has 17 heavy (non-hydrogen) atoms. The number of alkyl halides is 2. The number of hydrogen-bond donors (Lipinski definition) is 1. The van der Waals surface area contributed by atoms with Gasteiger partial charge in [-0.25, -0.2) is 4.98 Å². The lowest BCUT2D eigenvalue weighted by Gasteiger charge is -2.05. The molecule has 0 aliphatic carbocycles. The maximum Gasteiger partial charge on any atom is 0.387 e. The molecule has 1 aromatic carbocycles. The van der Waals surface area contributed by atoms with Gasteiger partial charge in [0.25, 0.3) is 0 Å². The van der Waals surface area contributed by atoms with Gasteiger partial charge >= 0.3 is 6.61 Å². The number of nitrogens with two attached hydrogens (primary N) is 1. The molecular weight excluding hydrogens is 246 g/mol. The van der Waals surface area contributed by atoms with E-state index < -0.39 is 6.61 Å². The van der Waals surface area contributed by atoms with Crippen LogP contribution in [0.15, 0.2) is 29.6 Å². The Kier molecular flexibility index (Phi) is 3.53. The smallest absolute Gasteiger partial charge is 0.387 e. The first-order valence-electron chi connectivity index (χ1n) is 4.87. The van der Waals surface area contributed by atoms with Crippen LogP contribution in [0, 0.1) is 0 Å². The van der Waals surface area contributed by atoms with E-state index in [0.29, 0.717) is 11.6 Å². The van der Waals surface area contributed by atoms with E-state index in [9.17, 15) is 8.78 Å². The Balaban J connectivity index is 2.10. The first kappa shape index (κ1) is 11.8. The highest BCUT2D eigenvalue weighted by Crippen LogP contribution is 2.19. The Hall–Kier alpha value is -1.69. The third kappa shape index (κ3) is 3.39. The predicted octanol–water partition coefficient (Wildman–Crippen LogP) is 2.92. The normalized spacial score (nSPS) is 10.8. The summed E-state index contributed by atoms with van der Waals surface area (Å²) in [5.74, 6) is 0.153. The van der Waals surface area contributed by atoms with E-state index in [2.05, 4.69) is 9.72 Å². The fourth-order valence-electron chi connectivity index (χ4n) is 1.44. The van der Waals surface area contributed by atoms with Crippen LogP contribution >= 0.6 is 11.3 Å². The molecule has 0 spiro atoms. The highest BCUT2D eigenvalue weighted by atomic mass is 32.1. The largest absolute Gasteiger partial charge is 0.435 e. The van der Waals surface area contributed by atoms with Crippen LogP contribution in [0.1, 0.15) is 11.3 Å². The molecule has 6 heteroatoms. The molecule has 0 aliphatic heterocycles. The van der Waals surface area contributed by atoms with Crippen molar-refractivity contribution in [3.63, 3.8) is 0 Å². The van der Waals surface area contributed by atoms with E-state index in [0.717, 1.165) is 11.3 Å². The predicted molar refractivity (Wildman–Crippen MR) is 62.4 cm³/mol. The maximum absolute atomic E-state index is 12.0. The van der Waals surface area contributed by atoms with Gasteiger partial charge in [0.2, 0.25) is 0 Å². The average molecular weight is 256 g/mol. The van der Waals surface area contributed by atoms with E-state index in [4.69, 9.17) is 5.73 Å². The monoisotopic (exact) mass is 256 g/mol. The molecule has 0 aliphatic rings. The van der Waals surface area contributed by atoms with Crippen molar-refractivity contribution >= 4 is 16.5 Å². The Labute approximate surface area is 101 Å². The molecule has 3 nitrogen and oxygen atoms in total. The van der Waals surface area contributed by atoms with E-state index in [1.807, 2.05) is 11.4 Å². The minimum absolute atomic E-state index is 0.153. The zero-order chi connectivity index (χ0) is 12.3. The molecule has 0 saturated carbocycles. The van der Waals surface area contributed by atoms with Gasteiger partial charge in [0.05, 0.1) is 5.69 Å². The summed E-state index contributed by atoms with van der Waals surface area (Å²) in [5.41, 5.74) is 7.19. The van der Waals surface area contributed by atoms with Crippen LogP contribution in [-0.4, -0.2) is 11.6 Å². The number of nitrogens with zero attached hydrogens (tertiary/aromatic N) is 1. The molecule has 0 bridgehead atoms. The molecule has 2 aromatic rings. The van der Waals surface area contributed by atoms with Crippen molar-refractivity contribution in [2.45, 2.75) is 13.0 Å². The molecule has 90 valence electrons. The Morgan fingerprint density at radius 1 is 1.41 bits per heavy atom. The van der Waals surface area contributed by atoms with Crippen LogP contribution < -0.4 is 10.5 Å². The van der Waals surface area contributed by atoms with Crippen molar-refractivity contribution in [3.05, 3.63) is 40.9 Å². The Bertz CT molecular complexity index is 502. The molecule has 1 heterocycles. The first-order chi connectivity index (χ1) is 8.13. The number of hydrogen-bond acceptors (Lipinski definition) is 4. The van der Waals surface area contributed by atoms with Gasteiger partial charge in [-0.15, -0.1) is 11.3 Å². The minimum Gasteiger partial charge on any atom is -0.435 e.